The predicted molar refractivity (Wildman–Crippen MR) is 88.7 cm³/mol. The van der Waals surface area contributed by atoms with E-state index in [0.29, 0.717) is 29.9 Å². The minimum absolute atomic E-state index is 0.0453. The van der Waals surface area contributed by atoms with Crippen molar-refractivity contribution in [2.24, 2.45) is 0 Å². The SMILES string of the molecule is Cc1nc(CC(=O)N2CC(c3cccc(Cl)c3)OCC2(C)C)no1. The molecule has 1 aliphatic rings. The van der Waals surface area contributed by atoms with Crippen LogP contribution in [0.15, 0.2) is 28.8 Å². The van der Waals surface area contributed by atoms with E-state index in [9.17, 15) is 4.79 Å². The van der Waals surface area contributed by atoms with E-state index in [4.69, 9.17) is 20.9 Å². The number of morpholine rings is 1. The Kier molecular flexibility index (Phi) is 4.60. The molecule has 1 saturated heterocycles. The van der Waals surface area contributed by atoms with Gasteiger partial charge in [-0.15, -0.1) is 0 Å². The third-order valence-electron chi connectivity index (χ3n) is 4.12. The van der Waals surface area contributed by atoms with Crippen LogP contribution >= 0.6 is 11.6 Å². The van der Waals surface area contributed by atoms with Crippen LogP contribution in [0.1, 0.15) is 37.2 Å². The van der Waals surface area contributed by atoms with Crippen LogP contribution in [0.25, 0.3) is 0 Å². The molecule has 2 aromatic rings. The molecule has 0 aliphatic carbocycles. The highest BCUT2D eigenvalue weighted by Crippen LogP contribution is 2.31. The maximum atomic E-state index is 12.8. The van der Waals surface area contributed by atoms with Gasteiger partial charge in [0.2, 0.25) is 11.8 Å². The van der Waals surface area contributed by atoms with E-state index in [-0.39, 0.29) is 18.4 Å². The number of aromatic nitrogens is 2. The smallest absolute Gasteiger partial charge is 0.231 e. The minimum Gasteiger partial charge on any atom is -0.369 e. The lowest BCUT2D eigenvalue weighted by Crippen LogP contribution is -2.56. The van der Waals surface area contributed by atoms with Crippen molar-refractivity contribution in [2.45, 2.75) is 38.8 Å². The van der Waals surface area contributed by atoms with Crippen molar-refractivity contribution in [1.29, 1.82) is 0 Å². The van der Waals surface area contributed by atoms with E-state index >= 15 is 0 Å². The number of benzene rings is 1. The van der Waals surface area contributed by atoms with Crippen LogP contribution in [0.2, 0.25) is 5.02 Å². The molecule has 0 saturated carbocycles. The zero-order valence-electron chi connectivity index (χ0n) is 14.0. The number of aryl methyl sites for hydroxylation is 1. The average molecular weight is 350 g/mol. The molecule has 0 N–H and O–H groups in total. The number of nitrogens with zero attached hydrogens (tertiary/aromatic N) is 3. The second-order valence-electron chi connectivity index (χ2n) is 6.58. The van der Waals surface area contributed by atoms with E-state index in [1.165, 1.54) is 0 Å². The Labute approximate surface area is 145 Å². The molecule has 2 heterocycles. The molecule has 1 aromatic carbocycles. The number of hydrogen-bond acceptors (Lipinski definition) is 5. The molecular weight excluding hydrogens is 330 g/mol. The summed E-state index contributed by atoms with van der Waals surface area (Å²) in [6, 6.07) is 7.53. The number of ether oxygens (including phenoxy) is 1. The highest BCUT2D eigenvalue weighted by Gasteiger charge is 2.38. The normalized spacial score (nSPS) is 20.2. The summed E-state index contributed by atoms with van der Waals surface area (Å²) in [6.45, 7) is 6.58. The van der Waals surface area contributed by atoms with E-state index in [1.54, 1.807) is 6.92 Å². The predicted octanol–water partition coefficient (Wildman–Crippen LogP) is 2.95. The molecule has 0 radical (unpaired) electrons. The molecule has 0 spiro atoms. The van der Waals surface area contributed by atoms with Gasteiger partial charge in [0.1, 0.15) is 6.10 Å². The van der Waals surface area contributed by atoms with E-state index in [2.05, 4.69) is 10.1 Å². The van der Waals surface area contributed by atoms with Gasteiger partial charge in [0.25, 0.3) is 0 Å². The zero-order chi connectivity index (χ0) is 17.3. The van der Waals surface area contributed by atoms with Crippen molar-refractivity contribution in [2.75, 3.05) is 13.2 Å². The van der Waals surface area contributed by atoms with Crippen LogP contribution in [0, 0.1) is 6.92 Å². The van der Waals surface area contributed by atoms with Crippen molar-refractivity contribution in [1.82, 2.24) is 15.0 Å². The van der Waals surface area contributed by atoms with Gasteiger partial charge in [-0.25, -0.2) is 0 Å². The third kappa shape index (κ3) is 3.60. The molecule has 6 nitrogen and oxygen atoms in total. The van der Waals surface area contributed by atoms with E-state index in [0.717, 1.165) is 5.56 Å². The molecule has 1 amide bonds. The van der Waals surface area contributed by atoms with Gasteiger partial charge in [-0.3, -0.25) is 4.79 Å². The fraction of sp³-hybridized carbons (Fsp3) is 0.471. The van der Waals surface area contributed by atoms with E-state index < -0.39 is 5.54 Å². The summed E-state index contributed by atoms with van der Waals surface area (Å²) in [5.74, 6) is 0.811. The molecule has 3 rings (SSSR count). The van der Waals surface area contributed by atoms with Gasteiger partial charge < -0.3 is 14.2 Å². The Morgan fingerprint density at radius 3 is 2.92 bits per heavy atom. The summed E-state index contributed by atoms with van der Waals surface area (Å²) in [4.78, 5) is 18.7. The lowest BCUT2D eigenvalue weighted by molar-refractivity contribution is -0.154. The second kappa shape index (κ2) is 6.53. The first-order valence-electron chi connectivity index (χ1n) is 7.82. The topological polar surface area (TPSA) is 68.5 Å². The molecule has 1 unspecified atom stereocenters. The van der Waals surface area contributed by atoms with Crippen LogP contribution < -0.4 is 0 Å². The fourth-order valence-electron chi connectivity index (χ4n) is 2.84. The fourth-order valence-corrected chi connectivity index (χ4v) is 3.04. The molecule has 1 aliphatic heterocycles. The highest BCUT2D eigenvalue weighted by atomic mass is 35.5. The first-order valence-corrected chi connectivity index (χ1v) is 8.20. The Balaban J connectivity index is 1.77. The maximum Gasteiger partial charge on any atom is 0.231 e. The Bertz CT molecular complexity index is 744. The van der Waals surface area contributed by atoms with Gasteiger partial charge in [0.05, 0.1) is 25.1 Å². The number of carbonyl (C=O) groups excluding carboxylic acids is 1. The number of halogens is 1. The van der Waals surface area contributed by atoms with Gasteiger partial charge in [0.15, 0.2) is 5.82 Å². The Morgan fingerprint density at radius 2 is 2.25 bits per heavy atom. The molecule has 128 valence electrons. The Hall–Kier alpha value is -1.92. The lowest BCUT2D eigenvalue weighted by Gasteiger charge is -2.45. The number of hydrogen-bond donors (Lipinski definition) is 0. The highest BCUT2D eigenvalue weighted by molar-refractivity contribution is 6.30. The molecular formula is C17H20ClN3O3. The van der Waals surface area contributed by atoms with Gasteiger partial charge >= 0.3 is 0 Å². The van der Waals surface area contributed by atoms with Crippen LogP contribution in [0.3, 0.4) is 0 Å². The zero-order valence-corrected chi connectivity index (χ0v) is 14.7. The molecule has 1 fully saturated rings. The van der Waals surface area contributed by atoms with Crippen molar-refractivity contribution >= 4 is 17.5 Å². The summed E-state index contributed by atoms with van der Waals surface area (Å²) < 4.78 is 10.9. The number of amides is 1. The molecule has 1 atom stereocenters. The Morgan fingerprint density at radius 1 is 1.46 bits per heavy atom. The standard InChI is InChI=1S/C17H20ClN3O3/c1-11-19-15(20-24-11)8-16(22)21-9-14(23-10-17(21,2)3)12-5-4-6-13(18)7-12/h4-7,14H,8-10H2,1-3H3. The summed E-state index contributed by atoms with van der Waals surface area (Å²) in [6.07, 6.45) is -0.0871. The molecule has 0 bridgehead atoms. The van der Waals surface area contributed by atoms with Gasteiger partial charge in [-0.05, 0) is 31.5 Å². The largest absolute Gasteiger partial charge is 0.369 e. The maximum absolute atomic E-state index is 12.8. The summed E-state index contributed by atoms with van der Waals surface area (Å²) >= 11 is 6.07. The van der Waals surface area contributed by atoms with Crippen molar-refractivity contribution in [3.8, 4) is 0 Å². The van der Waals surface area contributed by atoms with Gasteiger partial charge in [-0.2, -0.15) is 4.98 Å². The van der Waals surface area contributed by atoms with Crippen LogP contribution in [0.5, 0.6) is 0 Å². The third-order valence-corrected chi connectivity index (χ3v) is 4.35. The van der Waals surface area contributed by atoms with Gasteiger partial charge in [0, 0.05) is 11.9 Å². The second-order valence-corrected chi connectivity index (χ2v) is 7.01. The first-order chi connectivity index (χ1) is 11.3. The number of rotatable bonds is 3. The molecule has 7 heteroatoms. The summed E-state index contributed by atoms with van der Waals surface area (Å²) in [5, 5.41) is 4.46. The first kappa shape index (κ1) is 16.9. The summed E-state index contributed by atoms with van der Waals surface area (Å²) in [7, 11) is 0. The number of carbonyl (C=O) groups is 1. The van der Waals surface area contributed by atoms with Crippen LogP contribution in [-0.2, 0) is 16.0 Å². The van der Waals surface area contributed by atoms with Crippen molar-refractivity contribution < 1.29 is 14.1 Å². The van der Waals surface area contributed by atoms with Crippen LogP contribution in [0.4, 0.5) is 0 Å². The average Bonchev–Trinajstić information content (AvgIpc) is 2.92. The lowest BCUT2D eigenvalue weighted by atomic mass is 9.97. The van der Waals surface area contributed by atoms with E-state index in [1.807, 2.05) is 43.0 Å². The summed E-state index contributed by atoms with van der Waals surface area (Å²) in [5.41, 5.74) is 0.566. The molecule has 24 heavy (non-hydrogen) atoms. The monoisotopic (exact) mass is 349 g/mol. The van der Waals surface area contributed by atoms with Crippen molar-refractivity contribution in [3.05, 3.63) is 46.6 Å². The quantitative estimate of drug-likeness (QED) is 0.852. The van der Waals surface area contributed by atoms with Crippen LogP contribution in [-0.4, -0.2) is 39.6 Å². The van der Waals surface area contributed by atoms with Gasteiger partial charge in [-0.1, -0.05) is 28.9 Å². The minimum atomic E-state index is -0.398. The molecule has 1 aromatic heterocycles. The van der Waals surface area contributed by atoms with Crippen molar-refractivity contribution in [3.63, 3.8) is 0 Å².